The second-order valence-corrected chi connectivity index (χ2v) is 5.43. The summed E-state index contributed by atoms with van der Waals surface area (Å²) >= 11 is 0. The van der Waals surface area contributed by atoms with E-state index in [0.717, 1.165) is 0 Å². The number of phenolic OH excluding ortho intramolecular Hbond substituents is 1. The number of carbonyl (C=O) groups excluding carboxylic acids is 1. The lowest BCUT2D eigenvalue weighted by atomic mass is 9.79. The van der Waals surface area contributed by atoms with E-state index in [-0.39, 0.29) is 29.6 Å². The van der Waals surface area contributed by atoms with Gasteiger partial charge in [0.1, 0.15) is 18.3 Å². The van der Waals surface area contributed by atoms with Gasteiger partial charge >= 0.3 is 0 Å². The van der Waals surface area contributed by atoms with Crippen molar-refractivity contribution in [2.45, 2.75) is 24.4 Å². The summed E-state index contributed by atoms with van der Waals surface area (Å²) in [6.07, 6.45) is -2.70. The number of aliphatic hydroxyl groups is 3. The highest BCUT2D eigenvalue weighted by Crippen LogP contribution is 2.48. The third-order valence-electron chi connectivity index (χ3n) is 4.19. The van der Waals surface area contributed by atoms with Crippen LogP contribution >= 0.6 is 0 Å². The summed E-state index contributed by atoms with van der Waals surface area (Å²) in [6.45, 7) is -0.0696. The third kappa shape index (κ3) is 1.59. The maximum atomic E-state index is 12.2. The predicted octanol–water partition coefficient (Wildman–Crippen LogP) is -1.29. The Hall–Kier alpha value is -2.29. The molecular weight excluding hydrogens is 294 g/mol. The molecule has 1 aromatic carbocycles. The number of amides is 1. The Bertz CT molecular complexity index is 714. The number of nitrogens with one attached hydrogen (secondary N) is 1. The number of hydrogen-bond donors (Lipinski definition) is 5. The lowest BCUT2D eigenvalue weighted by Gasteiger charge is -2.39. The molecule has 0 radical (unpaired) electrons. The largest absolute Gasteiger partial charge is 0.504 e. The van der Waals surface area contributed by atoms with E-state index in [4.69, 9.17) is 9.47 Å². The lowest BCUT2D eigenvalue weighted by Crippen LogP contribution is -2.57. The number of aromatic hydroxyl groups is 1. The normalized spacial score (nSPS) is 32.0. The topological polar surface area (TPSA) is 128 Å². The fourth-order valence-corrected chi connectivity index (χ4v) is 3.09. The number of ether oxygens (including phenoxy) is 2. The van der Waals surface area contributed by atoms with Crippen molar-refractivity contribution in [2.24, 2.45) is 0 Å². The predicted molar refractivity (Wildman–Crippen MR) is 71.5 cm³/mol. The molecule has 1 amide bonds. The van der Waals surface area contributed by atoms with E-state index in [1.807, 2.05) is 0 Å². The van der Waals surface area contributed by atoms with Crippen molar-refractivity contribution < 1.29 is 34.7 Å². The van der Waals surface area contributed by atoms with Crippen LogP contribution in [0.5, 0.6) is 17.2 Å². The van der Waals surface area contributed by atoms with Crippen molar-refractivity contribution in [3.63, 3.8) is 0 Å². The Morgan fingerprint density at radius 2 is 1.95 bits per heavy atom. The van der Waals surface area contributed by atoms with Gasteiger partial charge in [0.15, 0.2) is 11.5 Å². The molecule has 1 aliphatic carbocycles. The fourth-order valence-electron chi connectivity index (χ4n) is 3.09. The Kier molecular flexibility index (Phi) is 2.65. The molecule has 8 heteroatoms. The van der Waals surface area contributed by atoms with Gasteiger partial charge in [-0.15, -0.1) is 0 Å². The summed E-state index contributed by atoms with van der Waals surface area (Å²) in [5.41, 5.74) is 0.733. The summed E-state index contributed by atoms with van der Waals surface area (Å²) in [6, 6.07) is 0.643. The summed E-state index contributed by atoms with van der Waals surface area (Å²) in [4.78, 5) is 12.2. The van der Waals surface area contributed by atoms with Gasteiger partial charge in [0.05, 0.1) is 11.6 Å². The van der Waals surface area contributed by atoms with Gasteiger partial charge in [0.25, 0.3) is 5.91 Å². The molecule has 3 unspecified atom stereocenters. The Labute approximate surface area is 124 Å². The zero-order chi connectivity index (χ0) is 15.6. The summed E-state index contributed by atoms with van der Waals surface area (Å²) < 4.78 is 10.3. The first kappa shape index (κ1) is 13.4. The first-order chi connectivity index (χ1) is 10.5. The molecule has 4 atom stereocenters. The zero-order valence-corrected chi connectivity index (χ0v) is 11.2. The maximum Gasteiger partial charge on any atom is 0.256 e. The molecule has 1 aromatic rings. The number of aliphatic hydroxyl groups excluding tert-OH is 3. The second kappa shape index (κ2) is 4.35. The van der Waals surface area contributed by atoms with E-state index in [9.17, 15) is 25.2 Å². The molecular formula is C14H13NO7. The quantitative estimate of drug-likeness (QED) is 0.403. The molecule has 3 aliphatic rings. The van der Waals surface area contributed by atoms with Crippen LogP contribution in [0.3, 0.4) is 0 Å². The summed E-state index contributed by atoms with van der Waals surface area (Å²) in [5, 5.41) is 42.4. The molecule has 0 bridgehead atoms. The highest BCUT2D eigenvalue weighted by molar-refractivity contribution is 6.07. The minimum Gasteiger partial charge on any atom is -0.504 e. The van der Waals surface area contributed by atoms with E-state index < -0.39 is 30.3 Å². The Morgan fingerprint density at radius 1 is 1.18 bits per heavy atom. The third-order valence-corrected chi connectivity index (χ3v) is 4.19. The molecule has 116 valence electrons. The standard InChI is InChI=1S/C14H13NO7/c16-6-1-5-4-2-7-13(22-3-21-7)11(18)8(4)14(20)15-9(5)12(19)10(6)17/h1-2,6,9-10,12,16-19H,3H2,(H,15,20)/t6?,9-,10?,12?/m1/s1. The van der Waals surface area contributed by atoms with Crippen LogP contribution in [0.4, 0.5) is 0 Å². The molecule has 8 nitrogen and oxygen atoms in total. The van der Waals surface area contributed by atoms with Crippen molar-refractivity contribution in [3.05, 3.63) is 23.3 Å². The molecule has 0 saturated heterocycles. The van der Waals surface area contributed by atoms with E-state index in [1.165, 1.54) is 12.1 Å². The number of rotatable bonds is 0. The van der Waals surface area contributed by atoms with E-state index in [1.54, 1.807) is 0 Å². The number of carbonyl (C=O) groups is 1. The average molecular weight is 307 g/mol. The number of fused-ring (bicyclic) bond motifs is 4. The highest BCUT2D eigenvalue weighted by Gasteiger charge is 2.44. The Balaban J connectivity index is 1.95. The molecule has 0 fully saturated rings. The second-order valence-electron chi connectivity index (χ2n) is 5.43. The average Bonchev–Trinajstić information content (AvgIpc) is 2.95. The van der Waals surface area contributed by atoms with Gasteiger partial charge in [-0.3, -0.25) is 4.79 Å². The lowest BCUT2D eigenvalue weighted by molar-refractivity contribution is -0.0535. The maximum absolute atomic E-state index is 12.2. The van der Waals surface area contributed by atoms with Gasteiger partial charge in [0, 0.05) is 5.56 Å². The number of phenols is 1. The van der Waals surface area contributed by atoms with Crippen molar-refractivity contribution >= 4 is 11.5 Å². The van der Waals surface area contributed by atoms with Crippen LogP contribution in [-0.2, 0) is 0 Å². The van der Waals surface area contributed by atoms with Crippen LogP contribution in [0.25, 0.3) is 5.57 Å². The van der Waals surface area contributed by atoms with Crippen LogP contribution < -0.4 is 14.8 Å². The van der Waals surface area contributed by atoms with Crippen LogP contribution in [0, 0.1) is 0 Å². The van der Waals surface area contributed by atoms with Gasteiger partial charge in [-0.2, -0.15) is 0 Å². The van der Waals surface area contributed by atoms with Gasteiger partial charge in [-0.1, -0.05) is 0 Å². The number of benzene rings is 1. The van der Waals surface area contributed by atoms with Crippen LogP contribution in [0.1, 0.15) is 15.9 Å². The molecule has 4 rings (SSSR count). The number of hydrogen-bond acceptors (Lipinski definition) is 7. The smallest absolute Gasteiger partial charge is 0.256 e. The van der Waals surface area contributed by atoms with E-state index >= 15 is 0 Å². The molecule has 0 aromatic heterocycles. The van der Waals surface area contributed by atoms with Crippen LogP contribution in [0.2, 0.25) is 0 Å². The molecule has 0 spiro atoms. The summed E-state index contributed by atoms with van der Waals surface area (Å²) in [5.74, 6) is -0.585. The highest BCUT2D eigenvalue weighted by atomic mass is 16.7. The first-order valence-electron chi connectivity index (χ1n) is 6.71. The van der Waals surface area contributed by atoms with Crippen LogP contribution in [0.15, 0.2) is 12.1 Å². The minimum absolute atomic E-state index is 0.0115. The van der Waals surface area contributed by atoms with Gasteiger partial charge < -0.3 is 35.2 Å². The molecule has 0 saturated carbocycles. The zero-order valence-electron chi connectivity index (χ0n) is 11.2. The van der Waals surface area contributed by atoms with Crippen molar-refractivity contribution in [1.82, 2.24) is 5.32 Å². The van der Waals surface area contributed by atoms with Crippen LogP contribution in [-0.4, -0.2) is 57.5 Å². The SMILES string of the molecule is O=C1N[C@@H]2C(=CC(O)C(O)C2O)c2cc3c(c(O)c21)OCO3. The minimum atomic E-state index is -1.40. The molecule has 22 heavy (non-hydrogen) atoms. The van der Waals surface area contributed by atoms with Gasteiger partial charge in [0.2, 0.25) is 12.5 Å². The monoisotopic (exact) mass is 307 g/mol. The van der Waals surface area contributed by atoms with Crippen molar-refractivity contribution in [3.8, 4) is 17.2 Å². The molecule has 2 aliphatic heterocycles. The molecule has 2 heterocycles. The van der Waals surface area contributed by atoms with Crippen molar-refractivity contribution in [2.75, 3.05) is 6.79 Å². The Morgan fingerprint density at radius 3 is 2.73 bits per heavy atom. The van der Waals surface area contributed by atoms with E-state index in [0.29, 0.717) is 11.1 Å². The van der Waals surface area contributed by atoms with Crippen molar-refractivity contribution in [1.29, 1.82) is 0 Å². The van der Waals surface area contributed by atoms with Gasteiger partial charge in [-0.25, -0.2) is 0 Å². The summed E-state index contributed by atoms with van der Waals surface area (Å²) in [7, 11) is 0. The van der Waals surface area contributed by atoms with Gasteiger partial charge in [-0.05, 0) is 17.7 Å². The molecule has 5 N–H and O–H groups in total. The first-order valence-corrected chi connectivity index (χ1v) is 6.71. The van der Waals surface area contributed by atoms with E-state index in [2.05, 4.69) is 5.32 Å². The fraction of sp³-hybridized carbons (Fsp3) is 0.357.